The van der Waals surface area contributed by atoms with Crippen LogP contribution in [0, 0.1) is 0 Å². The summed E-state index contributed by atoms with van der Waals surface area (Å²) in [7, 11) is 0. The average molecular weight is 342 g/mol. The second kappa shape index (κ2) is 17.0. The molecule has 0 aliphatic carbocycles. The van der Waals surface area contributed by atoms with Crippen molar-refractivity contribution >= 4 is 5.91 Å². The zero-order valence-corrected chi connectivity index (χ0v) is 15.8. The standard InChI is InChI=1S/C20H39NO3/c1-3-4-5-6-7-8-9-10-11-12-13-14-15-16-20(24)19(17-22)21-18(2)23/h15-16,19-20,22,24H,3-14,17H2,1-2H3,(H,21,23)/b16-15-/t19-,20+/m0/s1. The topological polar surface area (TPSA) is 69.6 Å². The lowest BCUT2D eigenvalue weighted by Crippen LogP contribution is -2.44. The summed E-state index contributed by atoms with van der Waals surface area (Å²) >= 11 is 0. The SMILES string of the molecule is CCCCCCCCCCCCC/C=C\[C@@H](O)[C@H](CO)NC(C)=O. The molecule has 1 amide bonds. The van der Waals surface area contributed by atoms with E-state index in [-0.39, 0.29) is 12.5 Å². The van der Waals surface area contributed by atoms with Crippen molar-refractivity contribution in [2.75, 3.05) is 6.61 Å². The average Bonchev–Trinajstić information content (AvgIpc) is 2.56. The summed E-state index contributed by atoms with van der Waals surface area (Å²) in [6.45, 7) is 3.37. The summed E-state index contributed by atoms with van der Waals surface area (Å²) in [6, 6.07) is -0.615. The monoisotopic (exact) mass is 341 g/mol. The van der Waals surface area contributed by atoms with E-state index in [2.05, 4.69) is 12.2 Å². The Morgan fingerprint density at radius 1 is 0.958 bits per heavy atom. The van der Waals surface area contributed by atoms with E-state index in [0.29, 0.717) is 0 Å². The van der Waals surface area contributed by atoms with E-state index < -0.39 is 12.1 Å². The molecule has 0 unspecified atom stereocenters. The van der Waals surface area contributed by atoms with Gasteiger partial charge in [-0.1, -0.05) is 83.3 Å². The molecule has 0 aliphatic heterocycles. The Labute approximate surface area is 148 Å². The third-order valence-corrected chi connectivity index (χ3v) is 4.31. The predicted octanol–water partition coefficient (Wildman–Crippen LogP) is 4.10. The van der Waals surface area contributed by atoms with E-state index in [9.17, 15) is 9.90 Å². The highest BCUT2D eigenvalue weighted by Crippen LogP contribution is 2.12. The van der Waals surface area contributed by atoms with Crippen molar-refractivity contribution < 1.29 is 15.0 Å². The number of rotatable bonds is 16. The van der Waals surface area contributed by atoms with Gasteiger partial charge in [-0.25, -0.2) is 0 Å². The smallest absolute Gasteiger partial charge is 0.217 e. The van der Waals surface area contributed by atoms with Gasteiger partial charge in [0.05, 0.1) is 18.8 Å². The molecule has 0 radical (unpaired) electrons. The van der Waals surface area contributed by atoms with E-state index in [0.717, 1.165) is 12.8 Å². The van der Waals surface area contributed by atoms with Crippen LogP contribution >= 0.6 is 0 Å². The van der Waals surface area contributed by atoms with Crippen molar-refractivity contribution in [2.45, 2.75) is 103 Å². The Morgan fingerprint density at radius 2 is 1.46 bits per heavy atom. The van der Waals surface area contributed by atoms with Crippen molar-refractivity contribution in [1.29, 1.82) is 0 Å². The molecule has 2 atom stereocenters. The minimum Gasteiger partial charge on any atom is -0.394 e. The van der Waals surface area contributed by atoms with Crippen LogP contribution in [0.25, 0.3) is 0 Å². The van der Waals surface area contributed by atoms with Crippen LogP contribution < -0.4 is 5.32 Å². The number of aliphatic hydroxyl groups excluding tert-OH is 2. The molecule has 3 N–H and O–H groups in total. The number of nitrogens with one attached hydrogen (secondary N) is 1. The van der Waals surface area contributed by atoms with Crippen LogP contribution in [0.5, 0.6) is 0 Å². The third-order valence-electron chi connectivity index (χ3n) is 4.31. The molecule has 0 rings (SSSR count). The van der Waals surface area contributed by atoms with Gasteiger partial charge in [-0.2, -0.15) is 0 Å². The number of aliphatic hydroxyl groups is 2. The maximum absolute atomic E-state index is 10.9. The first-order valence-corrected chi connectivity index (χ1v) is 9.84. The lowest BCUT2D eigenvalue weighted by atomic mass is 10.0. The number of amides is 1. The largest absolute Gasteiger partial charge is 0.394 e. The first kappa shape index (κ1) is 23.1. The maximum Gasteiger partial charge on any atom is 0.217 e. The van der Waals surface area contributed by atoms with Crippen LogP contribution in [-0.4, -0.2) is 34.9 Å². The fourth-order valence-electron chi connectivity index (χ4n) is 2.80. The first-order chi connectivity index (χ1) is 11.6. The summed E-state index contributed by atoms with van der Waals surface area (Å²) in [5, 5.41) is 21.5. The molecule has 4 heteroatoms. The molecule has 0 fully saturated rings. The van der Waals surface area contributed by atoms with E-state index >= 15 is 0 Å². The van der Waals surface area contributed by atoms with Crippen LogP contribution in [0.1, 0.15) is 90.9 Å². The molecule has 0 saturated carbocycles. The van der Waals surface area contributed by atoms with Gasteiger partial charge in [0, 0.05) is 6.92 Å². The third kappa shape index (κ3) is 14.7. The Bertz CT molecular complexity index is 318. The quantitative estimate of drug-likeness (QED) is 0.292. The minimum absolute atomic E-state index is 0.244. The Morgan fingerprint density at radius 3 is 1.92 bits per heavy atom. The van der Waals surface area contributed by atoms with Gasteiger partial charge in [-0.15, -0.1) is 0 Å². The number of carbonyl (C=O) groups is 1. The maximum atomic E-state index is 10.9. The molecule has 0 aromatic carbocycles. The van der Waals surface area contributed by atoms with Gasteiger partial charge < -0.3 is 15.5 Å². The van der Waals surface area contributed by atoms with Gasteiger partial charge in [0.2, 0.25) is 5.91 Å². The van der Waals surface area contributed by atoms with Crippen molar-refractivity contribution in [2.24, 2.45) is 0 Å². The number of hydrogen-bond acceptors (Lipinski definition) is 3. The zero-order valence-electron chi connectivity index (χ0n) is 15.8. The molecule has 0 aromatic rings. The summed E-state index contributed by atoms with van der Waals surface area (Å²) < 4.78 is 0. The molecule has 142 valence electrons. The highest BCUT2D eigenvalue weighted by atomic mass is 16.3. The second-order valence-electron chi connectivity index (χ2n) is 6.73. The van der Waals surface area contributed by atoms with E-state index in [1.807, 2.05) is 6.08 Å². The van der Waals surface area contributed by atoms with Crippen LogP contribution in [-0.2, 0) is 4.79 Å². The number of hydrogen-bond donors (Lipinski definition) is 3. The normalized spacial score (nSPS) is 14.0. The molecule has 0 saturated heterocycles. The molecule has 24 heavy (non-hydrogen) atoms. The van der Waals surface area contributed by atoms with E-state index in [4.69, 9.17) is 5.11 Å². The lowest BCUT2D eigenvalue weighted by molar-refractivity contribution is -0.120. The molecular formula is C20H39NO3. The van der Waals surface area contributed by atoms with Gasteiger partial charge >= 0.3 is 0 Å². The molecule has 0 heterocycles. The van der Waals surface area contributed by atoms with Gasteiger partial charge in [0.1, 0.15) is 0 Å². The van der Waals surface area contributed by atoms with Gasteiger partial charge in [0.25, 0.3) is 0 Å². The minimum atomic E-state index is -0.827. The summed E-state index contributed by atoms with van der Waals surface area (Å²) in [6.07, 6.45) is 18.3. The molecule has 0 aliphatic rings. The number of unbranched alkanes of at least 4 members (excludes halogenated alkanes) is 11. The Kier molecular flexibility index (Phi) is 16.4. The van der Waals surface area contributed by atoms with Crippen LogP contribution in [0.2, 0.25) is 0 Å². The summed E-state index contributed by atoms with van der Waals surface area (Å²) in [5.41, 5.74) is 0. The van der Waals surface area contributed by atoms with Crippen LogP contribution in [0.15, 0.2) is 12.2 Å². The molecule has 0 spiro atoms. The van der Waals surface area contributed by atoms with Crippen LogP contribution in [0.4, 0.5) is 0 Å². The van der Waals surface area contributed by atoms with Gasteiger partial charge in [-0.05, 0) is 12.8 Å². The summed E-state index contributed by atoms with van der Waals surface area (Å²) in [5.74, 6) is -0.244. The van der Waals surface area contributed by atoms with Crippen molar-refractivity contribution in [3.05, 3.63) is 12.2 Å². The zero-order chi connectivity index (χ0) is 18.0. The van der Waals surface area contributed by atoms with Crippen LogP contribution in [0.3, 0.4) is 0 Å². The molecule has 0 aromatic heterocycles. The predicted molar refractivity (Wildman–Crippen MR) is 101 cm³/mol. The number of allylic oxidation sites excluding steroid dienone is 1. The van der Waals surface area contributed by atoms with E-state index in [1.54, 1.807) is 6.08 Å². The van der Waals surface area contributed by atoms with Gasteiger partial charge in [0.15, 0.2) is 0 Å². The van der Waals surface area contributed by atoms with Crippen molar-refractivity contribution in [3.63, 3.8) is 0 Å². The molecule has 0 bridgehead atoms. The number of carbonyl (C=O) groups excluding carboxylic acids is 1. The van der Waals surface area contributed by atoms with Crippen molar-refractivity contribution in [3.8, 4) is 0 Å². The van der Waals surface area contributed by atoms with E-state index in [1.165, 1.54) is 71.1 Å². The van der Waals surface area contributed by atoms with Crippen molar-refractivity contribution in [1.82, 2.24) is 5.32 Å². The van der Waals surface area contributed by atoms with Gasteiger partial charge in [-0.3, -0.25) is 4.79 Å². The highest BCUT2D eigenvalue weighted by molar-refractivity contribution is 5.73. The Balaban J connectivity index is 3.47. The first-order valence-electron chi connectivity index (χ1n) is 9.84. The lowest BCUT2D eigenvalue weighted by Gasteiger charge is -2.18. The Hall–Kier alpha value is -0.870. The highest BCUT2D eigenvalue weighted by Gasteiger charge is 2.15. The molecular weight excluding hydrogens is 302 g/mol. The molecule has 4 nitrogen and oxygen atoms in total. The second-order valence-corrected chi connectivity index (χ2v) is 6.73. The fraction of sp³-hybridized carbons (Fsp3) is 0.850. The fourth-order valence-corrected chi connectivity index (χ4v) is 2.80. The summed E-state index contributed by atoms with van der Waals surface area (Å²) in [4.78, 5) is 10.9.